The molecule has 0 unspecified atom stereocenters. The van der Waals surface area contributed by atoms with Crippen molar-refractivity contribution in [2.75, 3.05) is 0 Å². The monoisotopic (exact) mass is 179 g/mol. The van der Waals surface area contributed by atoms with Crippen molar-refractivity contribution >= 4 is 11.8 Å². The molecule has 60 valence electrons. The molecular weight excluding hydrogens is 174 g/mol. The largest absolute Gasteiger partial charge is 0.265 e. The van der Waals surface area contributed by atoms with Gasteiger partial charge >= 0.3 is 0 Å². The first-order valence-corrected chi connectivity index (χ1v) is 4.08. The average Bonchev–Trinajstić information content (AvgIpc) is 2.59. The highest BCUT2D eigenvalue weighted by molar-refractivity contribution is 7.99. The maximum atomic E-state index is 3.90. The van der Waals surface area contributed by atoms with Crippen molar-refractivity contribution in [1.29, 1.82) is 0 Å². The lowest BCUT2D eigenvalue weighted by atomic mass is 10.5. The van der Waals surface area contributed by atoms with Crippen molar-refractivity contribution < 1.29 is 0 Å². The Labute approximate surface area is 72.6 Å². The van der Waals surface area contributed by atoms with Crippen LogP contribution in [0.3, 0.4) is 0 Å². The topological polar surface area (TPSA) is 67.3 Å². The van der Waals surface area contributed by atoms with Gasteiger partial charge in [0.25, 0.3) is 0 Å². The lowest BCUT2D eigenvalue weighted by Crippen LogP contribution is -1.76. The number of aromatic amines is 1. The van der Waals surface area contributed by atoms with E-state index in [1.165, 1.54) is 11.8 Å². The van der Waals surface area contributed by atoms with Crippen LogP contribution in [0.4, 0.5) is 0 Å². The Morgan fingerprint density at radius 2 is 2.08 bits per heavy atom. The van der Waals surface area contributed by atoms with E-state index in [9.17, 15) is 0 Å². The molecule has 2 heterocycles. The fourth-order valence-corrected chi connectivity index (χ4v) is 1.36. The van der Waals surface area contributed by atoms with Crippen molar-refractivity contribution in [3.63, 3.8) is 0 Å². The van der Waals surface area contributed by atoms with E-state index < -0.39 is 0 Å². The molecule has 0 saturated heterocycles. The van der Waals surface area contributed by atoms with E-state index in [1.807, 2.05) is 12.1 Å². The van der Waals surface area contributed by atoms with E-state index in [0.717, 1.165) is 4.90 Å². The third-order valence-electron chi connectivity index (χ3n) is 1.19. The Balaban J connectivity index is 2.15. The first-order valence-electron chi connectivity index (χ1n) is 3.27. The van der Waals surface area contributed by atoms with E-state index in [1.54, 1.807) is 12.4 Å². The maximum Gasteiger partial charge on any atom is 0.211 e. The van der Waals surface area contributed by atoms with Crippen molar-refractivity contribution in [3.8, 4) is 0 Å². The number of tetrazole rings is 1. The molecule has 0 bridgehead atoms. The van der Waals surface area contributed by atoms with Crippen LogP contribution in [0.1, 0.15) is 0 Å². The van der Waals surface area contributed by atoms with Crippen molar-refractivity contribution in [3.05, 3.63) is 24.5 Å². The molecule has 0 aliphatic rings. The molecule has 0 atom stereocenters. The molecule has 0 aliphatic carbocycles. The van der Waals surface area contributed by atoms with Crippen molar-refractivity contribution in [1.82, 2.24) is 25.6 Å². The number of hydrogen-bond donors (Lipinski definition) is 1. The van der Waals surface area contributed by atoms with Crippen LogP contribution in [0.5, 0.6) is 0 Å². The predicted molar refractivity (Wildman–Crippen MR) is 42.5 cm³/mol. The highest BCUT2D eigenvalue weighted by atomic mass is 32.2. The normalized spacial score (nSPS) is 10.0. The van der Waals surface area contributed by atoms with Gasteiger partial charge in [-0.15, -0.1) is 5.10 Å². The molecule has 0 fully saturated rings. The number of nitrogens with zero attached hydrogens (tertiary/aromatic N) is 4. The van der Waals surface area contributed by atoms with Gasteiger partial charge in [-0.05, 0) is 34.3 Å². The van der Waals surface area contributed by atoms with Crippen LogP contribution in [0, 0.1) is 0 Å². The first-order chi connectivity index (χ1) is 5.95. The Bertz CT molecular complexity index is 332. The number of H-pyrrole nitrogens is 1. The molecule has 12 heavy (non-hydrogen) atoms. The molecule has 2 aromatic rings. The fraction of sp³-hybridized carbons (Fsp3) is 0. The van der Waals surface area contributed by atoms with E-state index in [2.05, 4.69) is 25.6 Å². The molecule has 6 heteroatoms. The van der Waals surface area contributed by atoms with Gasteiger partial charge in [0, 0.05) is 17.3 Å². The fourth-order valence-electron chi connectivity index (χ4n) is 0.712. The van der Waals surface area contributed by atoms with Gasteiger partial charge in [0.1, 0.15) is 0 Å². The van der Waals surface area contributed by atoms with Crippen LogP contribution in [0.25, 0.3) is 0 Å². The number of aromatic nitrogens is 5. The molecule has 1 N–H and O–H groups in total. The van der Waals surface area contributed by atoms with Gasteiger partial charge in [0.05, 0.1) is 0 Å². The summed E-state index contributed by atoms with van der Waals surface area (Å²) in [5, 5.41) is 14.0. The van der Waals surface area contributed by atoms with E-state index >= 15 is 0 Å². The minimum Gasteiger partial charge on any atom is -0.265 e. The average molecular weight is 179 g/mol. The second-order valence-corrected chi connectivity index (χ2v) is 3.05. The summed E-state index contributed by atoms with van der Waals surface area (Å²) in [5.74, 6) is 0. The summed E-state index contributed by atoms with van der Waals surface area (Å²) in [4.78, 5) is 4.96. The zero-order valence-electron chi connectivity index (χ0n) is 6.01. The van der Waals surface area contributed by atoms with Crippen molar-refractivity contribution in [2.45, 2.75) is 10.1 Å². The summed E-state index contributed by atoms with van der Waals surface area (Å²) in [5.41, 5.74) is 0. The maximum absolute atomic E-state index is 3.90. The lowest BCUT2D eigenvalue weighted by molar-refractivity contribution is 0.881. The Kier molecular flexibility index (Phi) is 2.00. The van der Waals surface area contributed by atoms with Crippen molar-refractivity contribution in [2.24, 2.45) is 0 Å². The summed E-state index contributed by atoms with van der Waals surface area (Å²) in [6.07, 6.45) is 3.46. The molecule has 2 rings (SSSR count). The molecule has 5 nitrogen and oxygen atoms in total. The van der Waals surface area contributed by atoms with Crippen LogP contribution in [-0.2, 0) is 0 Å². The number of rotatable bonds is 2. The Morgan fingerprint density at radius 1 is 1.25 bits per heavy atom. The minimum atomic E-state index is 0.682. The van der Waals surface area contributed by atoms with Crippen LogP contribution in [0.15, 0.2) is 34.6 Å². The zero-order chi connectivity index (χ0) is 8.23. The Morgan fingerprint density at radius 3 is 2.75 bits per heavy atom. The smallest absolute Gasteiger partial charge is 0.211 e. The highest BCUT2D eigenvalue weighted by Crippen LogP contribution is 2.21. The quantitative estimate of drug-likeness (QED) is 0.736. The van der Waals surface area contributed by atoms with Gasteiger partial charge in [-0.3, -0.25) is 4.98 Å². The first kappa shape index (κ1) is 7.23. The molecule has 0 spiro atoms. The third-order valence-corrected chi connectivity index (χ3v) is 2.06. The van der Waals surface area contributed by atoms with Gasteiger partial charge in [0.2, 0.25) is 5.16 Å². The molecule has 0 radical (unpaired) electrons. The molecule has 0 saturated carbocycles. The summed E-state index contributed by atoms with van der Waals surface area (Å²) < 4.78 is 0. The number of pyridine rings is 1. The molecular formula is C6H5N5S. The SMILES string of the molecule is c1cc(Sc2nnn[nH]2)ccn1. The lowest BCUT2D eigenvalue weighted by Gasteiger charge is -1.92. The van der Waals surface area contributed by atoms with Gasteiger partial charge < -0.3 is 0 Å². The summed E-state index contributed by atoms with van der Waals surface area (Å²) >= 11 is 1.46. The molecule has 0 amide bonds. The van der Waals surface area contributed by atoms with E-state index in [0.29, 0.717) is 5.16 Å². The Hall–Kier alpha value is -1.43. The van der Waals surface area contributed by atoms with E-state index in [4.69, 9.17) is 0 Å². The minimum absolute atomic E-state index is 0.682. The van der Waals surface area contributed by atoms with Gasteiger partial charge in [-0.2, -0.15) is 0 Å². The standard InChI is InChI=1S/C6H5N5S/c1-3-7-4-2-5(1)12-6-8-10-11-9-6/h1-4H,(H,8,9,10,11). The van der Waals surface area contributed by atoms with E-state index in [-0.39, 0.29) is 0 Å². The molecule has 0 aromatic carbocycles. The van der Waals surface area contributed by atoms with Crippen LogP contribution in [0.2, 0.25) is 0 Å². The van der Waals surface area contributed by atoms with Gasteiger partial charge in [-0.1, -0.05) is 0 Å². The van der Waals surface area contributed by atoms with Crippen LogP contribution in [-0.4, -0.2) is 25.6 Å². The second kappa shape index (κ2) is 3.31. The van der Waals surface area contributed by atoms with Crippen LogP contribution < -0.4 is 0 Å². The highest BCUT2D eigenvalue weighted by Gasteiger charge is 1.98. The van der Waals surface area contributed by atoms with Gasteiger partial charge in [-0.25, -0.2) is 5.10 Å². The molecule has 2 aromatic heterocycles. The van der Waals surface area contributed by atoms with Gasteiger partial charge in [0.15, 0.2) is 0 Å². The number of hydrogen-bond acceptors (Lipinski definition) is 5. The zero-order valence-corrected chi connectivity index (χ0v) is 6.82. The summed E-state index contributed by atoms with van der Waals surface area (Å²) in [6, 6.07) is 3.79. The predicted octanol–water partition coefficient (Wildman–Crippen LogP) is 0.746. The van der Waals surface area contributed by atoms with Crippen LogP contribution >= 0.6 is 11.8 Å². The molecule has 0 aliphatic heterocycles. The summed E-state index contributed by atoms with van der Waals surface area (Å²) in [6.45, 7) is 0. The summed E-state index contributed by atoms with van der Waals surface area (Å²) in [7, 11) is 0. The third kappa shape index (κ3) is 1.59. The number of nitrogens with one attached hydrogen (secondary N) is 1. The second-order valence-electron chi connectivity index (χ2n) is 1.99.